The van der Waals surface area contributed by atoms with Crippen molar-refractivity contribution in [2.75, 3.05) is 6.54 Å². The second-order valence-corrected chi connectivity index (χ2v) is 4.67. The lowest BCUT2D eigenvalue weighted by Crippen LogP contribution is -2.48. The maximum atomic E-state index is 11.7. The van der Waals surface area contributed by atoms with Crippen LogP contribution < -0.4 is 5.32 Å². The van der Waals surface area contributed by atoms with Gasteiger partial charge in [-0.15, -0.1) is 0 Å². The number of rotatable bonds is 6. The number of carboxylic acids is 1. The molecule has 0 bridgehead atoms. The van der Waals surface area contributed by atoms with Crippen molar-refractivity contribution in [1.29, 1.82) is 0 Å². The molecule has 92 valence electrons. The Hall–Kier alpha value is -1.06. The van der Waals surface area contributed by atoms with E-state index in [-0.39, 0.29) is 18.4 Å². The van der Waals surface area contributed by atoms with Crippen LogP contribution in [-0.4, -0.2) is 23.5 Å². The fourth-order valence-corrected chi connectivity index (χ4v) is 2.13. The van der Waals surface area contributed by atoms with Gasteiger partial charge in [-0.2, -0.15) is 0 Å². The van der Waals surface area contributed by atoms with Gasteiger partial charge in [0, 0.05) is 12.5 Å². The molecule has 0 aromatic heterocycles. The average molecular weight is 227 g/mol. The summed E-state index contributed by atoms with van der Waals surface area (Å²) in [4.78, 5) is 22.8. The smallest absolute Gasteiger partial charge is 0.311 e. The molecule has 0 aliphatic heterocycles. The molecule has 0 unspecified atom stereocenters. The highest BCUT2D eigenvalue weighted by molar-refractivity contribution is 5.81. The summed E-state index contributed by atoms with van der Waals surface area (Å²) in [7, 11) is 0. The molecular weight excluding hydrogens is 206 g/mol. The molecule has 1 aliphatic carbocycles. The highest BCUT2D eigenvalue weighted by Crippen LogP contribution is 2.40. The fourth-order valence-electron chi connectivity index (χ4n) is 2.13. The topological polar surface area (TPSA) is 66.4 Å². The molecule has 1 saturated carbocycles. The monoisotopic (exact) mass is 227 g/mol. The Morgan fingerprint density at radius 1 is 1.31 bits per heavy atom. The molecule has 0 atom stereocenters. The first kappa shape index (κ1) is 13.0. The maximum absolute atomic E-state index is 11.7. The summed E-state index contributed by atoms with van der Waals surface area (Å²) >= 11 is 0. The van der Waals surface area contributed by atoms with Gasteiger partial charge in [0.25, 0.3) is 0 Å². The highest BCUT2D eigenvalue weighted by atomic mass is 16.4. The number of nitrogens with one attached hydrogen (secondary N) is 1. The van der Waals surface area contributed by atoms with Crippen LogP contribution in [0, 0.1) is 11.3 Å². The summed E-state index contributed by atoms with van der Waals surface area (Å²) in [6.07, 6.45) is 3.94. The number of amides is 1. The van der Waals surface area contributed by atoms with Crippen molar-refractivity contribution in [2.45, 2.75) is 46.0 Å². The van der Waals surface area contributed by atoms with Gasteiger partial charge in [-0.25, -0.2) is 0 Å². The van der Waals surface area contributed by atoms with Crippen molar-refractivity contribution in [3.05, 3.63) is 0 Å². The molecule has 0 aromatic rings. The summed E-state index contributed by atoms with van der Waals surface area (Å²) < 4.78 is 0. The molecule has 0 aromatic carbocycles. The minimum absolute atomic E-state index is 0.00229. The molecule has 1 rings (SSSR count). The van der Waals surface area contributed by atoms with E-state index in [0.29, 0.717) is 12.8 Å². The highest BCUT2D eigenvalue weighted by Gasteiger charge is 2.44. The van der Waals surface area contributed by atoms with Crippen LogP contribution in [0.5, 0.6) is 0 Å². The van der Waals surface area contributed by atoms with Gasteiger partial charge in [0.2, 0.25) is 5.91 Å². The summed E-state index contributed by atoms with van der Waals surface area (Å²) in [6, 6.07) is 0. The molecule has 4 nitrogen and oxygen atoms in total. The van der Waals surface area contributed by atoms with Crippen molar-refractivity contribution in [3.63, 3.8) is 0 Å². The van der Waals surface area contributed by atoms with Gasteiger partial charge in [0.15, 0.2) is 0 Å². The maximum Gasteiger partial charge on any atom is 0.311 e. The summed E-state index contributed by atoms with van der Waals surface area (Å²) in [5, 5.41) is 11.9. The first-order valence-corrected chi connectivity index (χ1v) is 6.07. The molecule has 0 heterocycles. The Kier molecular flexibility index (Phi) is 4.33. The molecule has 16 heavy (non-hydrogen) atoms. The Labute approximate surface area is 96.4 Å². The van der Waals surface area contributed by atoms with E-state index in [2.05, 4.69) is 5.32 Å². The Balaban J connectivity index is 2.44. The predicted molar refractivity (Wildman–Crippen MR) is 61.0 cm³/mol. The minimum atomic E-state index is -0.774. The van der Waals surface area contributed by atoms with E-state index in [1.807, 2.05) is 13.8 Å². The second-order valence-electron chi connectivity index (χ2n) is 4.67. The number of carboxylic acid groups (broad SMARTS) is 1. The van der Waals surface area contributed by atoms with Crippen LogP contribution >= 0.6 is 0 Å². The first-order chi connectivity index (χ1) is 7.55. The largest absolute Gasteiger partial charge is 0.481 e. The molecule has 1 amide bonds. The second kappa shape index (κ2) is 5.32. The molecular formula is C12H21NO3. The van der Waals surface area contributed by atoms with Gasteiger partial charge in [0.1, 0.15) is 0 Å². The molecule has 4 heteroatoms. The Morgan fingerprint density at radius 3 is 2.19 bits per heavy atom. The van der Waals surface area contributed by atoms with Crippen LogP contribution in [0.1, 0.15) is 46.0 Å². The minimum Gasteiger partial charge on any atom is -0.481 e. The van der Waals surface area contributed by atoms with E-state index in [1.165, 1.54) is 0 Å². The third-order valence-electron chi connectivity index (χ3n) is 3.72. The van der Waals surface area contributed by atoms with Gasteiger partial charge in [-0.05, 0) is 25.7 Å². The van der Waals surface area contributed by atoms with Crippen LogP contribution in [0.3, 0.4) is 0 Å². The molecule has 0 radical (unpaired) electrons. The lowest BCUT2D eigenvalue weighted by atomic mass is 9.68. The van der Waals surface area contributed by atoms with Crippen LogP contribution in [0.4, 0.5) is 0 Å². The van der Waals surface area contributed by atoms with Crippen LogP contribution in [0.15, 0.2) is 0 Å². The van der Waals surface area contributed by atoms with Crippen LogP contribution in [-0.2, 0) is 9.59 Å². The lowest BCUT2D eigenvalue weighted by molar-refractivity contribution is -0.154. The third-order valence-corrected chi connectivity index (χ3v) is 3.72. The summed E-state index contributed by atoms with van der Waals surface area (Å²) in [5.74, 6) is -0.757. The lowest BCUT2D eigenvalue weighted by Gasteiger charge is -2.37. The average Bonchev–Trinajstić information content (AvgIpc) is 2.17. The summed E-state index contributed by atoms with van der Waals surface area (Å²) in [6.45, 7) is 4.24. The number of hydrogen-bond acceptors (Lipinski definition) is 2. The predicted octanol–water partition coefficient (Wildman–Crippen LogP) is 1.79. The van der Waals surface area contributed by atoms with Crippen molar-refractivity contribution in [2.24, 2.45) is 11.3 Å². The van der Waals surface area contributed by atoms with Gasteiger partial charge in [-0.3, -0.25) is 9.59 Å². The van der Waals surface area contributed by atoms with E-state index in [4.69, 9.17) is 5.11 Å². The van der Waals surface area contributed by atoms with E-state index in [1.54, 1.807) is 0 Å². The van der Waals surface area contributed by atoms with Gasteiger partial charge in [0.05, 0.1) is 5.41 Å². The first-order valence-electron chi connectivity index (χ1n) is 6.07. The third kappa shape index (κ3) is 2.54. The van der Waals surface area contributed by atoms with E-state index < -0.39 is 11.4 Å². The normalized spacial score (nSPS) is 17.9. The molecule has 0 spiro atoms. The van der Waals surface area contributed by atoms with E-state index in [0.717, 1.165) is 19.3 Å². The SMILES string of the molecule is CCC(CC)C(=O)NCC1(C(=O)O)CCC1. The number of aliphatic carboxylic acids is 1. The van der Waals surface area contributed by atoms with Crippen molar-refractivity contribution < 1.29 is 14.7 Å². The molecule has 0 saturated heterocycles. The number of carbonyl (C=O) groups excluding carboxylic acids is 1. The van der Waals surface area contributed by atoms with Gasteiger partial charge >= 0.3 is 5.97 Å². The van der Waals surface area contributed by atoms with E-state index in [9.17, 15) is 9.59 Å². The van der Waals surface area contributed by atoms with Crippen LogP contribution in [0.2, 0.25) is 0 Å². The van der Waals surface area contributed by atoms with Crippen molar-refractivity contribution in [1.82, 2.24) is 5.32 Å². The standard InChI is InChI=1S/C12H21NO3/c1-3-9(4-2)10(14)13-8-12(11(15)16)6-5-7-12/h9H,3-8H2,1-2H3,(H,13,14)(H,15,16). The van der Waals surface area contributed by atoms with Crippen molar-refractivity contribution >= 4 is 11.9 Å². The quantitative estimate of drug-likeness (QED) is 0.727. The number of carbonyl (C=O) groups is 2. The fraction of sp³-hybridized carbons (Fsp3) is 0.833. The Bertz CT molecular complexity index is 267. The molecule has 1 fully saturated rings. The van der Waals surface area contributed by atoms with Crippen molar-refractivity contribution in [3.8, 4) is 0 Å². The van der Waals surface area contributed by atoms with Crippen LogP contribution in [0.25, 0.3) is 0 Å². The van der Waals surface area contributed by atoms with E-state index >= 15 is 0 Å². The zero-order valence-corrected chi connectivity index (χ0v) is 10.1. The zero-order chi connectivity index (χ0) is 12.2. The molecule has 2 N–H and O–H groups in total. The van der Waals surface area contributed by atoms with Gasteiger partial charge < -0.3 is 10.4 Å². The zero-order valence-electron chi connectivity index (χ0n) is 10.1. The summed E-state index contributed by atoms with van der Waals surface area (Å²) in [5.41, 5.74) is -0.679. The molecule has 1 aliphatic rings. The number of hydrogen-bond donors (Lipinski definition) is 2. The Morgan fingerprint density at radius 2 is 1.88 bits per heavy atom. The van der Waals surface area contributed by atoms with Gasteiger partial charge in [-0.1, -0.05) is 20.3 Å².